The number of carboxylic acids is 2. The molecule has 1 heterocycles. The topological polar surface area (TPSA) is 162 Å². The SMILES string of the molecule is O=C(O)C(O)C(O)C(=O)O.OC1C2(CCCCC2)[C@]1(O)CN1CCN(c2ccccc2)CC1. The first kappa shape index (κ1) is 25.4. The van der Waals surface area contributed by atoms with Crippen molar-refractivity contribution in [2.75, 3.05) is 37.6 Å². The standard InChI is InChI=1S/C19H28N2O2.C4H6O6/c22-17-18(9-5-2-6-10-18)19(17,23)15-20-11-13-21(14-12-20)16-7-3-1-4-8-16;5-1(3(7)8)2(6)4(9)10/h1,3-4,7-8,17,22-23H,2,5-6,9-15H2;1-2,5-6H,(H,7,8)(H,9,10)/t17?,19-;/m0./s1. The maximum absolute atomic E-state index is 11.0. The van der Waals surface area contributed by atoms with Crippen molar-refractivity contribution < 1.29 is 40.2 Å². The lowest BCUT2D eigenvalue weighted by Gasteiger charge is -2.38. The zero-order valence-electron chi connectivity index (χ0n) is 18.6. The van der Waals surface area contributed by atoms with Gasteiger partial charge in [-0.05, 0) is 25.0 Å². The first-order valence-electron chi connectivity index (χ1n) is 11.4. The molecular weight excluding hydrogens is 432 g/mol. The van der Waals surface area contributed by atoms with E-state index >= 15 is 0 Å². The molecule has 10 heteroatoms. The van der Waals surface area contributed by atoms with E-state index in [0.29, 0.717) is 6.54 Å². The van der Waals surface area contributed by atoms with Crippen LogP contribution in [0.25, 0.3) is 0 Å². The van der Waals surface area contributed by atoms with E-state index in [9.17, 15) is 19.8 Å². The number of nitrogens with zero attached hydrogens (tertiary/aromatic N) is 2. The summed E-state index contributed by atoms with van der Waals surface area (Å²) in [5, 5.41) is 54.0. The molecule has 2 saturated carbocycles. The molecule has 0 amide bonds. The van der Waals surface area contributed by atoms with Crippen molar-refractivity contribution in [3.63, 3.8) is 0 Å². The minimum atomic E-state index is -2.27. The zero-order valence-corrected chi connectivity index (χ0v) is 18.6. The Balaban J connectivity index is 0.000000262. The van der Waals surface area contributed by atoms with Gasteiger partial charge in [-0.1, -0.05) is 37.5 Å². The number of aliphatic carboxylic acids is 2. The Hall–Kier alpha value is -2.24. The minimum Gasteiger partial charge on any atom is -0.479 e. The lowest BCUT2D eigenvalue weighted by atomic mass is 9.83. The summed E-state index contributed by atoms with van der Waals surface area (Å²) in [5.41, 5.74) is 0.227. The Bertz CT molecular complexity index is 790. The molecule has 1 aromatic rings. The van der Waals surface area contributed by atoms with E-state index in [1.165, 1.54) is 12.1 Å². The molecule has 3 unspecified atom stereocenters. The zero-order chi connectivity index (χ0) is 24.2. The van der Waals surface area contributed by atoms with Gasteiger partial charge < -0.3 is 35.5 Å². The summed E-state index contributed by atoms with van der Waals surface area (Å²) < 4.78 is 0. The molecule has 6 N–H and O–H groups in total. The number of carbonyl (C=O) groups is 2. The van der Waals surface area contributed by atoms with Crippen molar-refractivity contribution in [2.45, 2.75) is 56.0 Å². The van der Waals surface area contributed by atoms with Crippen LogP contribution in [0, 0.1) is 5.41 Å². The van der Waals surface area contributed by atoms with Gasteiger partial charge in [0.25, 0.3) is 0 Å². The van der Waals surface area contributed by atoms with Crippen molar-refractivity contribution in [3.05, 3.63) is 30.3 Å². The Kier molecular flexibility index (Phi) is 7.96. The molecule has 33 heavy (non-hydrogen) atoms. The molecule has 3 fully saturated rings. The van der Waals surface area contributed by atoms with E-state index in [0.717, 1.165) is 51.9 Å². The van der Waals surface area contributed by atoms with Crippen molar-refractivity contribution >= 4 is 17.6 Å². The third-order valence-corrected chi connectivity index (χ3v) is 7.26. The summed E-state index contributed by atoms with van der Waals surface area (Å²) in [6.07, 6.45) is 0.503. The van der Waals surface area contributed by atoms with Crippen LogP contribution in [0.5, 0.6) is 0 Å². The first-order valence-corrected chi connectivity index (χ1v) is 11.4. The number of benzene rings is 1. The molecule has 3 aliphatic rings. The van der Waals surface area contributed by atoms with Crippen LogP contribution in [0.15, 0.2) is 30.3 Å². The summed E-state index contributed by atoms with van der Waals surface area (Å²) in [5.74, 6) is -3.54. The number of rotatable bonds is 6. The molecule has 1 spiro atoms. The number of anilines is 1. The number of aliphatic hydroxyl groups excluding tert-OH is 3. The van der Waals surface area contributed by atoms with Crippen molar-refractivity contribution in [2.24, 2.45) is 5.41 Å². The van der Waals surface area contributed by atoms with Crippen LogP contribution >= 0.6 is 0 Å². The van der Waals surface area contributed by atoms with Gasteiger partial charge in [0.05, 0.1) is 6.10 Å². The molecule has 1 aromatic carbocycles. The van der Waals surface area contributed by atoms with Crippen LogP contribution in [0.4, 0.5) is 5.69 Å². The fourth-order valence-electron chi connectivity index (χ4n) is 5.17. The third kappa shape index (κ3) is 5.30. The number of hydrogen-bond acceptors (Lipinski definition) is 8. The molecule has 184 valence electrons. The van der Waals surface area contributed by atoms with E-state index in [1.807, 2.05) is 6.07 Å². The predicted octanol–water partition coefficient (Wildman–Crippen LogP) is -0.258. The van der Waals surface area contributed by atoms with Gasteiger partial charge in [-0.15, -0.1) is 0 Å². The molecule has 10 nitrogen and oxygen atoms in total. The number of carboxylic acid groups (broad SMARTS) is 2. The van der Waals surface area contributed by atoms with Crippen LogP contribution in [0.3, 0.4) is 0 Å². The average molecular weight is 467 g/mol. The molecule has 4 atom stereocenters. The van der Waals surface area contributed by atoms with Crippen molar-refractivity contribution in [3.8, 4) is 0 Å². The maximum atomic E-state index is 11.0. The lowest BCUT2D eigenvalue weighted by molar-refractivity contribution is -0.165. The number of aliphatic hydroxyl groups is 4. The second-order valence-corrected chi connectivity index (χ2v) is 9.21. The van der Waals surface area contributed by atoms with Crippen molar-refractivity contribution in [1.29, 1.82) is 0 Å². The fraction of sp³-hybridized carbons (Fsp3) is 0.652. The molecule has 0 radical (unpaired) electrons. The number of piperazine rings is 1. The predicted molar refractivity (Wildman–Crippen MR) is 119 cm³/mol. The monoisotopic (exact) mass is 466 g/mol. The van der Waals surface area contributed by atoms with Gasteiger partial charge in [-0.25, -0.2) is 9.59 Å². The minimum absolute atomic E-state index is 0.193. The van der Waals surface area contributed by atoms with Gasteiger partial charge in [0, 0.05) is 43.8 Å². The Morgan fingerprint density at radius 3 is 1.91 bits per heavy atom. The van der Waals surface area contributed by atoms with Crippen LogP contribution in [-0.2, 0) is 9.59 Å². The fourth-order valence-corrected chi connectivity index (χ4v) is 5.17. The first-order chi connectivity index (χ1) is 15.6. The highest BCUT2D eigenvalue weighted by molar-refractivity contribution is 5.83. The number of β-amino-alcohol motifs (C(OH)–C–C–N with tert-alkyl or cyclic N) is 1. The van der Waals surface area contributed by atoms with Gasteiger partial charge in [-0.2, -0.15) is 0 Å². The van der Waals surface area contributed by atoms with E-state index in [2.05, 4.69) is 34.1 Å². The second kappa shape index (κ2) is 10.4. The Morgan fingerprint density at radius 2 is 1.42 bits per heavy atom. The summed E-state index contributed by atoms with van der Waals surface area (Å²) in [4.78, 5) is 24.3. The van der Waals surface area contributed by atoms with Gasteiger partial charge >= 0.3 is 11.9 Å². The molecule has 1 saturated heterocycles. The second-order valence-electron chi connectivity index (χ2n) is 9.21. The van der Waals surface area contributed by atoms with Crippen LogP contribution in [0.2, 0.25) is 0 Å². The van der Waals surface area contributed by atoms with Gasteiger partial charge in [-0.3, -0.25) is 4.90 Å². The summed E-state index contributed by atoms with van der Waals surface area (Å²) in [7, 11) is 0. The van der Waals surface area contributed by atoms with E-state index in [-0.39, 0.29) is 5.41 Å². The van der Waals surface area contributed by atoms with Gasteiger partial charge in [0.2, 0.25) is 0 Å². The molecule has 2 aliphatic carbocycles. The molecule has 0 aromatic heterocycles. The van der Waals surface area contributed by atoms with Crippen molar-refractivity contribution in [1.82, 2.24) is 4.90 Å². The molecule has 0 bridgehead atoms. The third-order valence-electron chi connectivity index (χ3n) is 7.26. The maximum Gasteiger partial charge on any atom is 0.335 e. The normalized spacial score (nSPS) is 28.4. The highest BCUT2D eigenvalue weighted by Gasteiger charge is 2.75. The quantitative estimate of drug-likeness (QED) is 0.329. The molecular formula is C23H34N2O8. The van der Waals surface area contributed by atoms with E-state index in [1.54, 1.807) is 0 Å². The lowest BCUT2D eigenvalue weighted by Crippen LogP contribution is -2.50. The summed E-state index contributed by atoms with van der Waals surface area (Å²) in [6, 6.07) is 10.5. The van der Waals surface area contributed by atoms with Crippen LogP contribution in [-0.4, -0.2) is 104 Å². The largest absolute Gasteiger partial charge is 0.479 e. The summed E-state index contributed by atoms with van der Waals surface area (Å²) in [6.45, 7) is 4.53. The highest BCUT2D eigenvalue weighted by atomic mass is 16.4. The average Bonchev–Trinajstić information content (AvgIpc) is 3.25. The van der Waals surface area contributed by atoms with E-state index in [4.69, 9.17) is 20.4 Å². The Morgan fingerprint density at radius 1 is 0.909 bits per heavy atom. The smallest absolute Gasteiger partial charge is 0.335 e. The number of hydrogen-bond donors (Lipinski definition) is 6. The van der Waals surface area contributed by atoms with Crippen LogP contribution in [0.1, 0.15) is 32.1 Å². The van der Waals surface area contributed by atoms with Crippen LogP contribution < -0.4 is 4.90 Å². The number of para-hydroxylation sites is 1. The summed E-state index contributed by atoms with van der Waals surface area (Å²) >= 11 is 0. The Labute approximate surface area is 192 Å². The highest BCUT2D eigenvalue weighted by Crippen LogP contribution is 2.64. The van der Waals surface area contributed by atoms with E-state index < -0.39 is 35.9 Å². The van der Waals surface area contributed by atoms with Gasteiger partial charge in [0.15, 0.2) is 12.2 Å². The molecule has 4 rings (SSSR count). The molecule has 1 aliphatic heterocycles. The van der Waals surface area contributed by atoms with Gasteiger partial charge in [0.1, 0.15) is 5.60 Å².